The van der Waals surface area contributed by atoms with Gasteiger partial charge >= 0.3 is 5.69 Å². The first kappa shape index (κ1) is 27.9. The molecule has 1 aliphatic rings. The number of nitrogens with zero attached hydrogens (tertiary/aromatic N) is 5. The third-order valence-electron chi connectivity index (χ3n) is 8.06. The summed E-state index contributed by atoms with van der Waals surface area (Å²) in [5.41, 5.74) is 0.459. The number of hydrogen-bond donors (Lipinski definition) is 0. The van der Waals surface area contributed by atoms with Crippen molar-refractivity contribution in [3.8, 4) is 5.82 Å². The highest BCUT2D eigenvalue weighted by molar-refractivity contribution is 6.74. The Morgan fingerprint density at radius 2 is 1.66 bits per heavy atom. The molecule has 11 heteroatoms. The number of aromatic nitrogens is 5. The summed E-state index contributed by atoms with van der Waals surface area (Å²) in [6.45, 7) is 15.9. The summed E-state index contributed by atoms with van der Waals surface area (Å²) < 4.78 is 23.2. The second-order valence-corrected chi connectivity index (χ2v) is 19.1. The fourth-order valence-electron chi connectivity index (χ4n) is 5.10. The Bertz CT molecular complexity index is 976. The molecule has 1 saturated heterocycles. The van der Waals surface area contributed by atoms with Gasteiger partial charge in [0.05, 0.1) is 12.7 Å². The fraction of sp³-hybridized carbons (Fsp3) is 0.750. The lowest BCUT2D eigenvalue weighted by Gasteiger charge is -2.35. The Balaban J connectivity index is 1.88. The Morgan fingerprint density at radius 1 is 1.03 bits per heavy atom. The van der Waals surface area contributed by atoms with E-state index in [1.54, 1.807) is 4.57 Å². The first-order valence-electron chi connectivity index (χ1n) is 13.2. The predicted octanol–water partition coefficient (Wildman–Crippen LogP) is 4.83. The Morgan fingerprint density at radius 3 is 2.20 bits per heavy atom. The van der Waals surface area contributed by atoms with Crippen molar-refractivity contribution < 1.29 is 13.6 Å². The zero-order valence-electron chi connectivity index (χ0n) is 22.5. The van der Waals surface area contributed by atoms with E-state index in [4.69, 9.17) is 13.6 Å². The minimum Gasteiger partial charge on any atom is -0.414 e. The predicted molar refractivity (Wildman–Crippen MR) is 142 cm³/mol. The maximum absolute atomic E-state index is 13.1. The molecule has 3 rings (SSSR count). The summed E-state index contributed by atoms with van der Waals surface area (Å²) in [4.78, 5) is 21.3. The second kappa shape index (κ2) is 12.0. The third kappa shape index (κ3) is 6.01. The second-order valence-electron chi connectivity index (χ2n) is 9.60. The van der Waals surface area contributed by atoms with Crippen molar-refractivity contribution in [3.63, 3.8) is 0 Å². The molecule has 0 radical (unpaired) electrons. The van der Waals surface area contributed by atoms with Gasteiger partial charge in [-0.15, -0.1) is 0 Å². The van der Waals surface area contributed by atoms with E-state index in [1.807, 2.05) is 13.1 Å². The van der Waals surface area contributed by atoms with Crippen molar-refractivity contribution >= 4 is 16.6 Å². The lowest BCUT2D eigenvalue weighted by molar-refractivity contribution is -0.0407. The Hall–Kier alpha value is -1.67. The molecular formula is C24H43N5O4Si2. The molecule has 35 heavy (non-hydrogen) atoms. The van der Waals surface area contributed by atoms with Crippen LogP contribution < -0.4 is 5.69 Å². The summed E-state index contributed by atoms with van der Waals surface area (Å²) in [6.07, 6.45) is 4.67. The summed E-state index contributed by atoms with van der Waals surface area (Å²) in [7, 11) is -3.65. The molecule has 196 valence electrons. The highest BCUT2D eigenvalue weighted by atomic mass is 28.4. The SMILES string of the molecule is CC[Si](CC)(CC)OC[C@H]1O[C@@H](n2cc(C)c(-n3cncn3)nc2=O)C[C@@H]1O[Si](CC)(CC)CC. The summed E-state index contributed by atoms with van der Waals surface area (Å²) >= 11 is 0. The van der Waals surface area contributed by atoms with Crippen LogP contribution >= 0.6 is 0 Å². The van der Waals surface area contributed by atoms with E-state index in [-0.39, 0.29) is 17.9 Å². The van der Waals surface area contributed by atoms with Crippen LogP contribution in [0.3, 0.4) is 0 Å². The van der Waals surface area contributed by atoms with Gasteiger partial charge in [-0.2, -0.15) is 10.1 Å². The Kier molecular flexibility index (Phi) is 9.61. The largest absolute Gasteiger partial charge is 0.414 e. The minimum atomic E-state index is -1.87. The van der Waals surface area contributed by atoms with E-state index in [1.165, 1.54) is 17.3 Å². The fourth-order valence-corrected chi connectivity index (χ4v) is 10.6. The van der Waals surface area contributed by atoms with Gasteiger partial charge in [0.15, 0.2) is 22.5 Å². The highest BCUT2D eigenvalue weighted by Crippen LogP contribution is 2.36. The van der Waals surface area contributed by atoms with Gasteiger partial charge in [-0.3, -0.25) is 4.57 Å². The maximum Gasteiger partial charge on any atom is 0.351 e. The monoisotopic (exact) mass is 521 g/mol. The molecule has 0 bridgehead atoms. The van der Waals surface area contributed by atoms with Crippen LogP contribution in [0.4, 0.5) is 0 Å². The van der Waals surface area contributed by atoms with Crippen LogP contribution in [0.1, 0.15) is 59.8 Å². The van der Waals surface area contributed by atoms with Crippen molar-refractivity contribution in [2.45, 2.75) is 110 Å². The van der Waals surface area contributed by atoms with Crippen LogP contribution in [0.2, 0.25) is 36.3 Å². The average molecular weight is 522 g/mol. The van der Waals surface area contributed by atoms with Crippen molar-refractivity contribution in [2.24, 2.45) is 0 Å². The van der Waals surface area contributed by atoms with Crippen LogP contribution in [-0.2, 0) is 13.6 Å². The van der Waals surface area contributed by atoms with Crippen LogP contribution in [0.15, 0.2) is 23.6 Å². The molecule has 0 unspecified atom stereocenters. The van der Waals surface area contributed by atoms with Crippen LogP contribution in [-0.4, -0.2) is 59.8 Å². The normalized spacial score (nSPS) is 21.1. The molecule has 0 aliphatic carbocycles. The highest BCUT2D eigenvalue weighted by Gasteiger charge is 2.43. The maximum atomic E-state index is 13.1. The van der Waals surface area contributed by atoms with Crippen LogP contribution in [0, 0.1) is 6.92 Å². The first-order chi connectivity index (χ1) is 16.8. The molecule has 0 N–H and O–H groups in total. The van der Waals surface area contributed by atoms with E-state index < -0.39 is 22.9 Å². The standard InChI is InChI=1S/C24H43N5O4Si2/c1-8-34(9-2,10-3)31-16-21-20(33-35(11-4,12-5)13-6)14-22(32-21)28-15-19(7)23(27-24(28)30)29-18-25-17-26-29/h15,17-18,20-22H,8-14,16H2,1-7H3/t20-,21+,22+/m0/s1. The topological polar surface area (TPSA) is 93.3 Å². The van der Waals surface area contributed by atoms with E-state index in [0.29, 0.717) is 18.8 Å². The molecular weight excluding hydrogens is 478 g/mol. The molecule has 0 amide bonds. The van der Waals surface area contributed by atoms with Gasteiger partial charge in [-0.25, -0.2) is 14.5 Å². The molecule has 1 fully saturated rings. The number of aryl methyl sites for hydroxylation is 1. The van der Waals surface area contributed by atoms with Gasteiger partial charge in [0, 0.05) is 18.2 Å². The first-order valence-corrected chi connectivity index (χ1v) is 18.3. The van der Waals surface area contributed by atoms with Gasteiger partial charge in [-0.05, 0) is 43.2 Å². The quantitative estimate of drug-likeness (QED) is 0.348. The van der Waals surface area contributed by atoms with E-state index in [9.17, 15) is 4.79 Å². The van der Waals surface area contributed by atoms with Gasteiger partial charge in [0.1, 0.15) is 25.0 Å². The van der Waals surface area contributed by atoms with Crippen molar-refractivity contribution in [1.82, 2.24) is 24.3 Å². The van der Waals surface area contributed by atoms with Crippen LogP contribution in [0.25, 0.3) is 5.82 Å². The zero-order chi connectivity index (χ0) is 25.6. The van der Waals surface area contributed by atoms with Gasteiger partial charge in [-0.1, -0.05) is 41.5 Å². The van der Waals surface area contributed by atoms with E-state index in [2.05, 4.69) is 56.6 Å². The molecule has 1 aliphatic heterocycles. The Labute approximate surface area is 211 Å². The molecule has 9 nitrogen and oxygen atoms in total. The zero-order valence-corrected chi connectivity index (χ0v) is 24.5. The minimum absolute atomic E-state index is 0.0917. The van der Waals surface area contributed by atoms with Gasteiger partial charge in [0.25, 0.3) is 0 Å². The number of rotatable bonds is 13. The molecule has 2 aromatic heterocycles. The molecule has 3 atom stereocenters. The van der Waals surface area contributed by atoms with Crippen molar-refractivity contribution in [2.75, 3.05) is 6.61 Å². The number of ether oxygens (including phenoxy) is 1. The summed E-state index contributed by atoms with van der Waals surface area (Å²) in [6, 6.07) is 6.47. The lowest BCUT2D eigenvalue weighted by atomic mass is 10.2. The third-order valence-corrected chi connectivity index (χ3v) is 17.4. The van der Waals surface area contributed by atoms with Gasteiger partial charge < -0.3 is 13.6 Å². The number of hydrogen-bond acceptors (Lipinski definition) is 7. The van der Waals surface area contributed by atoms with E-state index >= 15 is 0 Å². The molecule has 0 spiro atoms. The van der Waals surface area contributed by atoms with Crippen molar-refractivity contribution in [1.29, 1.82) is 0 Å². The molecule has 0 saturated carbocycles. The van der Waals surface area contributed by atoms with E-state index in [0.717, 1.165) is 41.8 Å². The lowest BCUT2D eigenvalue weighted by Crippen LogP contribution is -2.45. The van der Waals surface area contributed by atoms with Gasteiger partial charge in [0.2, 0.25) is 0 Å². The molecule has 0 aromatic carbocycles. The van der Waals surface area contributed by atoms with Crippen LogP contribution in [0.5, 0.6) is 0 Å². The molecule has 3 heterocycles. The molecule has 2 aromatic rings. The summed E-state index contributed by atoms with van der Waals surface area (Å²) in [5, 5.41) is 4.12. The van der Waals surface area contributed by atoms with Crippen molar-refractivity contribution in [3.05, 3.63) is 34.9 Å². The smallest absolute Gasteiger partial charge is 0.351 e. The summed E-state index contributed by atoms with van der Waals surface area (Å²) in [5.74, 6) is 0.480. The average Bonchev–Trinajstić information content (AvgIpc) is 3.55.